The third kappa shape index (κ3) is 5.33. The van der Waals surface area contributed by atoms with Crippen molar-refractivity contribution in [1.29, 1.82) is 0 Å². The second kappa shape index (κ2) is 9.79. The number of guanidine groups is 1. The number of morpholine rings is 1. The van der Waals surface area contributed by atoms with Crippen LogP contribution in [0.1, 0.15) is 33.9 Å². The maximum Gasteiger partial charge on any atom is 0.194 e. The van der Waals surface area contributed by atoms with E-state index in [1.165, 1.54) is 27.8 Å². The third-order valence-electron chi connectivity index (χ3n) is 5.72. The summed E-state index contributed by atoms with van der Waals surface area (Å²) in [5, 5.41) is 3.54. The molecule has 4 rings (SSSR count). The zero-order chi connectivity index (χ0) is 21.6. The lowest BCUT2D eigenvalue weighted by molar-refractivity contribution is -0.00834. The normalized spacial score (nSPS) is 17.1. The molecule has 162 valence electrons. The summed E-state index contributed by atoms with van der Waals surface area (Å²) in [5.41, 5.74) is 6.32. The summed E-state index contributed by atoms with van der Waals surface area (Å²) < 4.78 is 8.18. The van der Waals surface area contributed by atoms with Gasteiger partial charge in [-0.05, 0) is 36.1 Å². The summed E-state index contributed by atoms with van der Waals surface area (Å²) >= 11 is 0. The fourth-order valence-corrected chi connectivity index (χ4v) is 4.16. The number of hydrogen-bond acceptors (Lipinski definition) is 3. The summed E-state index contributed by atoms with van der Waals surface area (Å²) in [5.74, 6) is 0.915. The molecule has 6 nitrogen and oxygen atoms in total. The van der Waals surface area contributed by atoms with Crippen LogP contribution in [-0.2, 0) is 17.8 Å². The van der Waals surface area contributed by atoms with Gasteiger partial charge in [-0.1, -0.05) is 48.0 Å². The number of nitrogens with zero attached hydrogens (tertiary/aromatic N) is 4. The number of aliphatic imine (C=N–C) groups is 1. The molecule has 1 fully saturated rings. The molecule has 1 N–H and O–H groups in total. The van der Waals surface area contributed by atoms with Crippen LogP contribution in [-0.4, -0.2) is 47.2 Å². The van der Waals surface area contributed by atoms with Crippen LogP contribution in [0.4, 0.5) is 0 Å². The van der Waals surface area contributed by atoms with Crippen molar-refractivity contribution in [3.8, 4) is 0 Å². The Labute approximate surface area is 184 Å². The molecule has 0 amide bonds. The van der Waals surface area contributed by atoms with Crippen molar-refractivity contribution in [1.82, 2.24) is 19.8 Å². The fourth-order valence-electron chi connectivity index (χ4n) is 4.16. The third-order valence-corrected chi connectivity index (χ3v) is 5.72. The van der Waals surface area contributed by atoms with Crippen LogP contribution in [0.2, 0.25) is 0 Å². The fraction of sp³-hybridized carbons (Fsp3) is 0.360. The van der Waals surface area contributed by atoms with Gasteiger partial charge in [0.2, 0.25) is 0 Å². The second-order valence-corrected chi connectivity index (χ2v) is 8.12. The molecule has 1 saturated heterocycles. The minimum atomic E-state index is 0.0615. The Morgan fingerprint density at radius 1 is 1.19 bits per heavy atom. The highest BCUT2D eigenvalue weighted by atomic mass is 16.5. The molecule has 1 atom stereocenters. The molecule has 2 heterocycles. The number of benzene rings is 2. The number of aryl methyl sites for hydroxylation is 2. The predicted octanol–water partition coefficient (Wildman–Crippen LogP) is 3.70. The number of nitrogens with one attached hydrogen (secondary N) is 1. The van der Waals surface area contributed by atoms with Crippen LogP contribution in [0.25, 0.3) is 0 Å². The molecule has 3 aromatic rings. The molecule has 0 aliphatic carbocycles. The van der Waals surface area contributed by atoms with E-state index in [4.69, 9.17) is 4.74 Å². The van der Waals surface area contributed by atoms with Crippen molar-refractivity contribution >= 4 is 5.96 Å². The molecule has 31 heavy (non-hydrogen) atoms. The zero-order valence-corrected chi connectivity index (χ0v) is 18.6. The maximum atomic E-state index is 6.11. The van der Waals surface area contributed by atoms with Crippen molar-refractivity contribution in [2.45, 2.75) is 33.0 Å². The van der Waals surface area contributed by atoms with Crippen LogP contribution >= 0.6 is 0 Å². The Kier molecular flexibility index (Phi) is 6.67. The van der Waals surface area contributed by atoms with E-state index >= 15 is 0 Å². The molecule has 0 radical (unpaired) electrons. The lowest BCUT2D eigenvalue weighted by atomic mass is 10.00. The quantitative estimate of drug-likeness (QED) is 0.508. The summed E-state index contributed by atoms with van der Waals surface area (Å²) in [6.07, 6.45) is 5.70. The van der Waals surface area contributed by atoms with Gasteiger partial charge in [0.05, 0.1) is 19.5 Å². The molecule has 2 aromatic carbocycles. The van der Waals surface area contributed by atoms with E-state index in [0.29, 0.717) is 6.61 Å². The zero-order valence-electron chi connectivity index (χ0n) is 18.6. The topological polar surface area (TPSA) is 54.7 Å². The Morgan fingerprint density at radius 3 is 2.84 bits per heavy atom. The van der Waals surface area contributed by atoms with E-state index < -0.39 is 0 Å². The van der Waals surface area contributed by atoms with Crippen molar-refractivity contribution in [3.05, 3.63) is 89.0 Å². The Morgan fingerprint density at radius 2 is 2.06 bits per heavy atom. The van der Waals surface area contributed by atoms with Gasteiger partial charge in [-0.3, -0.25) is 4.99 Å². The van der Waals surface area contributed by atoms with Gasteiger partial charge >= 0.3 is 0 Å². The second-order valence-electron chi connectivity index (χ2n) is 8.12. The molecular weight excluding hydrogens is 386 g/mol. The molecule has 1 unspecified atom stereocenters. The van der Waals surface area contributed by atoms with Gasteiger partial charge in [0.1, 0.15) is 6.10 Å². The lowest BCUT2D eigenvalue weighted by Crippen LogP contribution is -2.48. The van der Waals surface area contributed by atoms with Crippen molar-refractivity contribution in [3.63, 3.8) is 0 Å². The van der Waals surface area contributed by atoms with E-state index in [-0.39, 0.29) is 6.10 Å². The SMILES string of the molecule is CN=C(NCc1cccc(Cn2ccnc2)c1)N1CCOC(c2ccc(C)cc2C)C1. The first-order valence-corrected chi connectivity index (χ1v) is 10.8. The monoisotopic (exact) mass is 417 g/mol. The van der Waals surface area contributed by atoms with Crippen LogP contribution in [0.15, 0.2) is 66.2 Å². The molecular formula is C25H31N5O. The number of imidazole rings is 1. The largest absolute Gasteiger partial charge is 0.370 e. The molecule has 0 spiro atoms. The molecule has 0 saturated carbocycles. The van der Waals surface area contributed by atoms with Crippen molar-refractivity contribution in [2.24, 2.45) is 4.99 Å². The van der Waals surface area contributed by atoms with E-state index in [9.17, 15) is 0 Å². The summed E-state index contributed by atoms with van der Waals surface area (Å²) in [6.45, 7) is 8.17. The van der Waals surface area contributed by atoms with E-state index in [2.05, 4.69) is 81.1 Å². The highest BCUT2D eigenvalue weighted by Crippen LogP contribution is 2.26. The van der Waals surface area contributed by atoms with Gasteiger partial charge in [-0.25, -0.2) is 4.98 Å². The highest BCUT2D eigenvalue weighted by molar-refractivity contribution is 5.80. The van der Waals surface area contributed by atoms with Crippen LogP contribution in [0, 0.1) is 13.8 Å². The molecule has 0 bridgehead atoms. The molecule has 1 aliphatic rings. The van der Waals surface area contributed by atoms with E-state index in [1.54, 1.807) is 0 Å². The van der Waals surface area contributed by atoms with Crippen LogP contribution in [0.3, 0.4) is 0 Å². The maximum absolute atomic E-state index is 6.11. The first kappa shape index (κ1) is 21.1. The molecule has 1 aliphatic heterocycles. The Bertz CT molecular complexity index is 1030. The van der Waals surface area contributed by atoms with Crippen LogP contribution < -0.4 is 5.32 Å². The predicted molar refractivity (Wildman–Crippen MR) is 124 cm³/mol. The van der Waals surface area contributed by atoms with Crippen LogP contribution in [0.5, 0.6) is 0 Å². The summed E-state index contributed by atoms with van der Waals surface area (Å²) in [6, 6.07) is 15.2. The van der Waals surface area contributed by atoms with Gasteiger partial charge in [0, 0.05) is 39.1 Å². The summed E-state index contributed by atoms with van der Waals surface area (Å²) in [4.78, 5) is 11.0. The minimum absolute atomic E-state index is 0.0615. The molecule has 1 aromatic heterocycles. The Balaban J connectivity index is 1.39. The highest BCUT2D eigenvalue weighted by Gasteiger charge is 2.25. The van der Waals surface area contributed by atoms with E-state index in [1.807, 2.05) is 25.8 Å². The van der Waals surface area contributed by atoms with E-state index in [0.717, 1.165) is 32.1 Å². The summed E-state index contributed by atoms with van der Waals surface area (Å²) in [7, 11) is 1.85. The van der Waals surface area contributed by atoms with Gasteiger partial charge in [-0.2, -0.15) is 0 Å². The lowest BCUT2D eigenvalue weighted by Gasteiger charge is -2.36. The van der Waals surface area contributed by atoms with Gasteiger partial charge < -0.3 is 19.5 Å². The van der Waals surface area contributed by atoms with Crippen molar-refractivity contribution in [2.75, 3.05) is 26.7 Å². The number of aromatic nitrogens is 2. The first-order chi connectivity index (χ1) is 15.1. The first-order valence-electron chi connectivity index (χ1n) is 10.8. The van der Waals surface area contributed by atoms with Gasteiger partial charge in [0.25, 0.3) is 0 Å². The molecule has 6 heteroatoms. The average molecular weight is 418 g/mol. The van der Waals surface area contributed by atoms with Gasteiger partial charge in [-0.15, -0.1) is 0 Å². The number of hydrogen-bond donors (Lipinski definition) is 1. The smallest absolute Gasteiger partial charge is 0.194 e. The van der Waals surface area contributed by atoms with Gasteiger partial charge in [0.15, 0.2) is 5.96 Å². The minimum Gasteiger partial charge on any atom is -0.370 e. The number of rotatable bonds is 5. The Hall–Kier alpha value is -3.12. The van der Waals surface area contributed by atoms with Crippen molar-refractivity contribution < 1.29 is 4.74 Å². The number of ether oxygens (including phenoxy) is 1. The average Bonchev–Trinajstić information content (AvgIpc) is 3.28. The standard InChI is InChI=1S/C25H31N5O/c1-19-7-8-23(20(2)13-19)24-17-30(11-12-31-24)25(26-3)28-15-21-5-4-6-22(14-21)16-29-10-9-27-18-29/h4-10,13-14,18,24H,11-12,15-17H2,1-3H3,(H,26,28).